The molecule has 2 N–H and O–H groups in total. The third-order valence-electron chi connectivity index (χ3n) is 4.41. The molecule has 2 nitrogen and oxygen atoms in total. The quantitative estimate of drug-likeness (QED) is 0.752. The maximum Gasteiger partial charge on any atom is 0.0797 e. The van der Waals surface area contributed by atoms with Crippen LogP contribution < -0.4 is 5.32 Å². The van der Waals surface area contributed by atoms with Crippen molar-refractivity contribution >= 4 is 0 Å². The summed E-state index contributed by atoms with van der Waals surface area (Å²) in [5, 5.41) is 14.0. The Morgan fingerprint density at radius 3 is 2.67 bits per heavy atom. The van der Waals surface area contributed by atoms with Crippen LogP contribution in [0.3, 0.4) is 0 Å². The average Bonchev–Trinajstić information content (AvgIpc) is 2.27. The topological polar surface area (TPSA) is 32.3 Å². The number of nitrogens with one attached hydrogen (secondary N) is 1. The summed E-state index contributed by atoms with van der Waals surface area (Å²) in [7, 11) is 0. The summed E-state index contributed by atoms with van der Waals surface area (Å²) in [6.07, 6.45) is 4.69. The van der Waals surface area contributed by atoms with Crippen molar-refractivity contribution in [2.75, 3.05) is 6.54 Å². The standard InChI is InChI=1S/C13H27NO/c1-5-10(3)13(4,15)12-9-11(6-2)7-8-14-12/h10-12,14-15H,5-9H2,1-4H3. The van der Waals surface area contributed by atoms with E-state index in [1.54, 1.807) is 0 Å². The highest BCUT2D eigenvalue weighted by molar-refractivity contribution is 4.94. The maximum absolute atomic E-state index is 10.6. The second-order valence-corrected chi connectivity index (χ2v) is 5.34. The molecule has 0 aromatic carbocycles. The van der Waals surface area contributed by atoms with E-state index in [1.807, 2.05) is 6.92 Å². The normalized spacial score (nSPS) is 33.4. The zero-order valence-electron chi connectivity index (χ0n) is 10.7. The van der Waals surface area contributed by atoms with Gasteiger partial charge in [0, 0.05) is 6.04 Å². The van der Waals surface area contributed by atoms with Crippen molar-refractivity contribution in [3.05, 3.63) is 0 Å². The molecule has 1 saturated heterocycles. The molecule has 90 valence electrons. The lowest BCUT2D eigenvalue weighted by Gasteiger charge is -2.42. The van der Waals surface area contributed by atoms with Crippen molar-refractivity contribution in [3.63, 3.8) is 0 Å². The molecule has 4 unspecified atom stereocenters. The molecule has 4 atom stereocenters. The van der Waals surface area contributed by atoms with Gasteiger partial charge in [0.25, 0.3) is 0 Å². The summed E-state index contributed by atoms with van der Waals surface area (Å²) < 4.78 is 0. The van der Waals surface area contributed by atoms with E-state index in [9.17, 15) is 5.11 Å². The fourth-order valence-corrected chi connectivity index (χ4v) is 2.57. The fraction of sp³-hybridized carbons (Fsp3) is 1.00. The molecule has 1 aliphatic heterocycles. The third kappa shape index (κ3) is 2.94. The zero-order valence-corrected chi connectivity index (χ0v) is 10.7. The first-order chi connectivity index (χ1) is 7.02. The van der Waals surface area contributed by atoms with Crippen LogP contribution in [0, 0.1) is 11.8 Å². The smallest absolute Gasteiger partial charge is 0.0797 e. The minimum atomic E-state index is -0.553. The first kappa shape index (κ1) is 13.0. The second kappa shape index (κ2) is 5.31. The van der Waals surface area contributed by atoms with E-state index >= 15 is 0 Å². The number of hydrogen-bond acceptors (Lipinski definition) is 2. The van der Waals surface area contributed by atoms with E-state index < -0.39 is 5.60 Å². The van der Waals surface area contributed by atoms with Crippen molar-refractivity contribution in [2.45, 2.75) is 65.0 Å². The van der Waals surface area contributed by atoms with Gasteiger partial charge in [-0.15, -0.1) is 0 Å². The van der Waals surface area contributed by atoms with Crippen LogP contribution in [0.25, 0.3) is 0 Å². The molecule has 0 aliphatic carbocycles. The lowest BCUT2D eigenvalue weighted by Crippen LogP contribution is -2.55. The van der Waals surface area contributed by atoms with Gasteiger partial charge in [0.2, 0.25) is 0 Å². The van der Waals surface area contributed by atoms with Crippen molar-refractivity contribution < 1.29 is 5.11 Å². The molecule has 2 heteroatoms. The highest BCUT2D eigenvalue weighted by Crippen LogP contribution is 2.31. The summed E-state index contributed by atoms with van der Waals surface area (Å²) in [5.74, 6) is 1.16. The van der Waals surface area contributed by atoms with E-state index in [0.717, 1.165) is 25.3 Å². The van der Waals surface area contributed by atoms with Crippen LogP contribution in [0.15, 0.2) is 0 Å². The van der Waals surface area contributed by atoms with Crippen LogP contribution in [-0.4, -0.2) is 23.3 Å². The Kier molecular flexibility index (Phi) is 4.60. The Labute approximate surface area is 94.5 Å². The van der Waals surface area contributed by atoms with Gasteiger partial charge in [-0.1, -0.05) is 33.6 Å². The van der Waals surface area contributed by atoms with Gasteiger partial charge in [0.1, 0.15) is 0 Å². The number of hydrogen-bond donors (Lipinski definition) is 2. The maximum atomic E-state index is 10.6. The van der Waals surface area contributed by atoms with Crippen LogP contribution in [0.5, 0.6) is 0 Å². The number of piperidine rings is 1. The Morgan fingerprint density at radius 1 is 1.47 bits per heavy atom. The average molecular weight is 213 g/mol. The molecule has 0 saturated carbocycles. The van der Waals surface area contributed by atoms with Crippen molar-refractivity contribution in [1.82, 2.24) is 5.32 Å². The molecule has 0 amide bonds. The van der Waals surface area contributed by atoms with Gasteiger partial charge in [-0.2, -0.15) is 0 Å². The monoisotopic (exact) mass is 213 g/mol. The zero-order chi connectivity index (χ0) is 11.5. The molecule has 0 bridgehead atoms. The first-order valence-corrected chi connectivity index (χ1v) is 6.48. The minimum absolute atomic E-state index is 0.283. The molecular formula is C13H27NO. The molecule has 1 aliphatic rings. The van der Waals surface area contributed by atoms with Gasteiger partial charge < -0.3 is 10.4 Å². The molecule has 1 fully saturated rings. The van der Waals surface area contributed by atoms with Gasteiger partial charge in [-0.05, 0) is 38.1 Å². The highest BCUT2D eigenvalue weighted by Gasteiger charge is 2.38. The highest BCUT2D eigenvalue weighted by atomic mass is 16.3. The first-order valence-electron chi connectivity index (χ1n) is 6.48. The van der Waals surface area contributed by atoms with Crippen LogP contribution in [-0.2, 0) is 0 Å². The molecule has 1 heterocycles. The van der Waals surface area contributed by atoms with Crippen LogP contribution in [0.2, 0.25) is 0 Å². The van der Waals surface area contributed by atoms with Crippen molar-refractivity contribution in [1.29, 1.82) is 0 Å². The molecular weight excluding hydrogens is 186 g/mol. The van der Waals surface area contributed by atoms with Crippen molar-refractivity contribution in [3.8, 4) is 0 Å². The van der Waals surface area contributed by atoms with Gasteiger partial charge in [0.15, 0.2) is 0 Å². The number of rotatable bonds is 4. The number of aliphatic hydroxyl groups is 1. The Morgan fingerprint density at radius 2 is 2.13 bits per heavy atom. The summed E-state index contributed by atoms with van der Waals surface area (Å²) in [6, 6.07) is 0.283. The Bertz CT molecular complexity index is 191. The lowest BCUT2D eigenvalue weighted by molar-refractivity contribution is -0.0436. The fourth-order valence-electron chi connectivity index (χ4n) is 2.57. The Balaban J connectivity index is 2.61. The second-order valence-electron chi connectivity index (χ2n) is 5.34. The summed E-state index contributed by atoms with van der Waals surface area (Å²) in [4.78, 5) is 0. The van der Waals surface area contributed by atoms with Crippen LogP contribution >= 0.6 is 0 Å². The predicted molar refractivity (Wildman–Crippen MR) is 64.9 cm³/mol. The van der Waals surface area contributed by atoms with E-state index in [-0.39, 0.29) is 6.04 Å². The molecule has 0 radical (unpaired) electrons. The van der Waals surface area contributed by atoms with Crippen molar-refractivity contribution in [2.24, 2.45) is 11.8 Å². The van der Waals surface area contributed by atoms with E-state index in [1.165, 1.54) is 12.8 Å². The van der Waals surface area contributed by atoms with Gasteiger partial charge in [-0.25, -0.2) is 0 Å². The van der Waals surface area contributed by atoms with E-state index in [4.69, 9.17) is 0 Å². The summed E-state index contributed by atoms with van der Waals surface area (Å²) in [6.45, 7) is 9.62. The van der Waals surface area contributed by atoms with Gasteiger partial charge in [0.05, 0.1) is 5.60 Å². The summed E-state index contributed by atoms with van der Waals surface area (Å²) in [5.41, 5.74) is -0.553. The molecule has 1 rings (SSSR count). The SMILES string of the molecule is CCC1CCNC(C(C)(O)C(C)CC)C1. The van der Waals surface area contributed by atoms with Gasteiger partial charge in [-0.3, -0.25) is 0 Å². The van der Waals surface area contributed by atoms with E-state index in [2.05, 4.69) is 26.1 Å². The molecule has 15 heavy (non-hydrogen) atoms. The third-order valence-corrected chi connectivity index (χ3v) is 4.41. The Hall–Kier alpha value is -0.0800. The largest absolute Gasteiger partial charge is 0.388 e. The van der Waals surface area contributed by atoms with Crippen LogP contribution in [0.4, 0.5) is 0 Å². The van der Waals surface area contributed by atoms with Gasteiger partial charge >= 0.3 is 0 Å². The molecule has 0 aromatic heterocycles. The lowest BCUT2D eigenvalue weighted by atomic mass is 9.76. The molecule has 0 aromatic rings. The predicted octanol–water partition coefficient (Wildman–Crippen LogP) is 2.56. The van der Waals surface area contributed by atoms with Crippen LogP contribution in [0.1, 0.15) is 53.4 Å². The van der Waals surface area contributed by atoms with E-state index in [0.29, 0.717) is 5.92 Å². The molecule has 0 spiro atoms. The minimum Gasteiger partial charge on any atom is -0.388 e. The summed E-state index contributed by atoms with van der Waals surface area (Å²) >= 11 is 0.